The van der Waals surface area contributed by atoms with E-state index < -0.39 is 0 Å². The number of fused-ring (bicyclic) bond motifs is 1. The Bertz CT molecular complexity index is 758. The van der Waals surface area contributed by atoms with Crippen molar-refractivity contribution >= 4 is 22.4 Å². The molecule has 2 heterocycles. The first-order valence-corrected chi connectivity index (χ1v) is 6.86. The number of rotatable bonds is 2. The lowest BCUT2D eigenvalue weighted by Gasteiger charge is -2.01. The van der Waals surface area contributed by atoms with Crippen molar-refractivity contribution in [2.45, 2.75) is 6.54 Å². The molecule has 0 saturated heterocycles. The van der Waals surface area contributed by atoms with Gasteiger partial charge in [-0.3, -0.25) is 0 Å². The lowest BCUT2D eigenvalue weighted by atomic mass is 10.3. The highest BCUT2D eigenvalue weighted by Crippen LogP contribution is 2.19. The van der Waals surface area contributed by atoms with E-state index in [1.54, 1.807) is 11.3 Å². The Labute approximate surface area is 115 Å². The molecular weight excluding hydrogens is 254 g/mol. The second-order valence-corrected chi connectivity index (χ2v) is 5.30. The first-order valence-electron chi connectivity index (χ1n) is 6.04. The Balaban J connectivity index is 1.87. The quantitative estimate of drug-likeness (QED) is 0.725. The van der Waals surface area contributed by atoms with Crippen LogP contribution in [0.3, 0.4) is 0 Å². The highest BCUT2D eigenvalue weighted by Gasteiger charge is 2.04. The number of nitrogens with two attached hydrogens (primary N) is 1. The molecule has 0 amide bonds. The average Bonchev–Trinajstić information content (AvgIpc) is 3.05. The van der Waals surface area contributed by atoms with Gasteiger partial charge in [-0.15, -0.1) is 11.3 Å². The number of nitrogens with zero attached hydrogens (tertiary/aromatic N) is 2. The van der Waals surface area contributed by atoms with Crippen LogP contribution in [0.4, 0.5) is 0 Å². The summed E-state index contributed by atoms with van der Waals surface area (Å²) in [5.41, 5.74) is 7.56. The zero-order chi connectivity index (χ0) is 13.1. The number of imidazole rings is 1. The standard InChI is InChI=1S/C15H13N3S/c16-9-3-4-12-7-8-13(19-12)10-18-11-17-14-5-1-2-6-15(14)18/h1-2,5-8,11H,9-10,16H2. The maximum absolute atomic E-state index is 5.37. The molecule has 3 aromatic rings. The molecule has 0 atom stereocenters. The summed E-state index contributed by atoms with van der Waals surface area (Å²) in [4.78, 5) is 6.72. The van der Waals surface area contributed by atoms with E-state index in [1.807, 2.05) is 30.6 Å². The molecule has 0 fully saturated rings. The Morgan fingerprint density at radius 2 is 2.11 bits per heavy atom. The van der Waals surface area contributed by atoms with Crippen molar-refractivity contribution < 1.29 is 0 Å². The number of aromatic nitrogens is 2. The van der Waals surface area contributed by atoms with E-state index in [0.717, 1.165) is 22.5 Å². The van der Waals surface area contributed by atoms with Crippen molar-refractivity contribution in [3.8, 4) is 11.8 Å². The SMILES string of the molecule is NCC#Cc1ccc(Cn2cnc3ccccc32)s1. The lowest BCUT2D eigenvalue weighted by molar-refractivity contribution is 0.838. The zero-order valence-corrected chi connectivity index (χ0v) is 11.2. The summed E-state index contributed by atoms with van der Waals surface area (Å²) in [5.74, 6) is 5.94. The predicted molar refractivity (Wildman–Crippen MR) is 79.1 cm³/mol. The summed E-state index contributed by atoms with van der Waals surface area (Å²) in [6.45, 7) is 1.23. The van der Waals surface area contributed by atoms with E-state index in [1.165, 1.54) is 4.88 Å². The predicted octanol–water partition coefficient (Wildman–Crippen LogP) is 2.46. The van der Waals surface area contributed by atoms with Gasteiger partial charge in [0.2, 0.25) is 0 Å². The molecule has 0 aliphatic rings. The number of hydrogen-bond donors (Lipinski definition) is 1. The third kappa shape index (κ3) is 2.53. The molecule has 0 aliphatic heterocycles. The largest absolute Gasteiger partial charge is 0.325 e. The Morgan fingerprint density at radius 3 is 3.00 bits per heavy atom. The second-order valence-electron chi connectivity index (χ2n) is 4.13. The summed E-state index contributed by atoms with van der Waals surface area (Å²) in [6.07, 6.45) is 1.88. The van der Waals surface area contributed by atoms with Gasteiger partial charge in [-0.2, -0.15) is 0 Å². The molecule has 1 aromatic carbocycles. The van der Waals surface area contributed by atoms with Gasteiger partial charge in [-0.1, -0.05) is 24.0 Å². The molecule has 0 saturated carbocycles. The van der Waals surface area contributed by atoms with E-state index in [4.69, 9.17) is 5.73 Å². The molecule has 0 aliphatic carbocycles. The molecule has 3 rings (SSSR count). The first kappa shape index (κ1) is 12.0. The molecule has 2 N–H and O–H groups in total. The topological polar surface area (TPSA) is 43.8 Å². The molecule has 0 bridgehead atoms. The van der Waals surface area contributed by atoms with Crippen LogP contribution in [0, 0.1) is 11.8 Å². The number of para-hydroxylation sites is 2. The highest BCUT2D eigenvalue weighted by molar-refractivity contribution is 7.12. The molecule has 4 heteroatoms. The maximum Gasteiger partial charge on any atom is 0.0961 e. The maximum atomic E-state index is 5.37. The zero-order valence-electron chi connectivity index (χ0n) is 10.3. The Hall–Kier alpha value is -2.09. The van der Waals surface area contributed by atoms with Gasteiger partial charge in [0.05, 0.1) is 35.3 Å². The minimum Gasteiger partial charge on any atom is -0.325 e. The normalized spacial score (nSPS) is 10.4. The third-order valence-corrected chi connectivity index (χ3v) is 3.81. The van der Waals surface area contributed by atoms with E-state index >= 15 is 0 Å². The smallest absolute Gasteiger partial charge is 0.0961 e. The van der Waals surface area contributed by atoms with Crippen molar-refractivity contribution in [1.29, 1.82) is 0 Å². The fourth-order valence-electron chi connectivity index (χ4n) is 1.97. The van der Waals surface area contributed by atoms with E-state index in [9.17, 15) is 0 Å². The molecule has 94 valence electrons. The van der Waals surface area contributed by atoms with E-state index in [2.05, 4.69) is 33.5 Å². The monoisotopic (exact) mass is 267 g/mol. The molecule has 0 unspecified atom stereocenters. The lowest BCUT2D eigenvalue weighted by Crippen LogP contribution is -1.95. The minimum absolute atomic E-state index is 0.402. The van der Waals surface area contributed by atoms with Crippen molar-refractivity contribution in [3.63, 3.8) is 0 Å². The van der Waals surface area contributed by atoms with Gasteiger partial charge in [0.1, 0.15) is 0 Å². The van der Waals surface area contributed by atoms with Crippen LogP contribution < -0.4 is 5.73 Å². The van der Waals surface area contributed by atoms with Gasteiger partial charge in [0, 0.05) is 4.88 Å². The number of thiophene rings is 1. The van der Waals surface area contributed by atoms with Crippen molar-refractivity contribution in [2.75, 3.05) is 6.54 Å². The van der Waals surface area contributed by atoms with Crippen molar-refractivity contribution in [3.05, 3.63) is 52.5 Å². The second kappa shape index (κ2) is 5.27. The summed E-state index contributed by atoms with van der Waals surface area (Å²) < 4.78 is 2.15. The average molecular weight is 267 g/mol. The van der Waals surface area contributed by atoms with Gasteiger partial charge in [0.15, 0.2) is 0 Å². The van der Waals surface area contributed by atoms with Gasteiger partial charge < -0.3 is 10.3 Å². The van der Waals surface area contributed by atoms with Crippen molar-refractivity contribution in [1.82, 2.24) is 9.55 Å². The summed E-state index contributed by atoms with van der Waals surface area (Å²) in [6, 6.07) is 12.3. The van der Waals surface area contributed by atoms with Gasteiger partial charge in [-0.05, 0) is 24.3 Å². The van der Waals surface area contributed by atoms with Crippen LogP contribution >= 0.6 is 11.3 Å². The summed E-state index contributed by atoms with van der Waals surface area (Å²) in [7, 11) is 0. The van der Waals surface area contributed by atoms with Crippen LogP contribution in [0.1, 0.15) is 9.75 Å². The van der Waals surface area contributed by atoms with Gasteiger partial charge in [0.25, 0.3) is 0 Å². The van der Waals surface area contributed by atoms with Gasteiger partial charge >= 0.3 is 0 Å². The number of hydrogen-bond acceptors (Lipinski definition) is 3. The summed E-state index contributed by atoms with van der Waals surface area (Å²) in [5, 5.41) is 0. The van der Waals surface area contributed by atoms with Crippen LogP contribution in [0.5, 0.6) is 0 Å². The van der Waals surface area contributed by atoms with Crippen LogP contribution in [0.25, 0.3) is 11.0 Å². The van der Waals surface area contributed by atoms with Crippen LogP contribution in [-0.2, 0) is 6.54 Å². The molecular formula is C15H13N3S. The van der Waals surface area contributed by atoms with E-state index in [-0.39, 0.29) is 0 Å². The fourth-order valence-corrected chi connectivity index (χ4v) is 2.85. The Morgan fingerprint density at radius 1 is 1.21 bits per heavy atom. The fraction of sp³-hybridized carbons (Fsp3) is 0.133. The molecule has 2 aromatic heterocycles. The minimum atomic E-state index is 0.402. The molecule has 0 radical (unpaired) electrons. The highest BCUT2D eigenvalue weighted by atomic mass is 32.1. The number of benzene rings is 1. The summed E-state index contributed by atoms with van der Waals surface area (Å²) >= 11 is 1.70. The van der Waals surface area contributed by atoms with Crippen LogP contribution in [-0.4, -0.2) is 16.1 Å². The first-order chi connectivity index (χ1) is 9.36. The van der Waals surface area contributed by atoms with Crippen molar-refractivity contribution in [2.24, 2.45) is 5.73 Å². The van der Waals surface area contributed by atoms with Crippen LogP contribution in [0.15, 0.2) is 42.7 Å². The van der Waals surface area contributed by atoms with E-state index in [0.29, 0.717) is 6.54 Å². The molecule has 0 spiro atoms. The Kier molecular flexibility index (Phi) is 3.32. The third-order valence-electron chi connectivity index (χ3n) is 2.83. The molecule has 3 nitrogen and oxygen atoms in total. The van der Waals surface area contributed by atoms with Gasteiger partial charge in [-0.25, -0.2) is 4.98 Å². The van der Waals surface area contributed by atoms with Crippen LogP contribution in [0.2, 0.25) is 0 Å². The molecule has 19 heavy (non-hydrogen) atoms.